The summed E-state index contributed by atoms with van der Waals surface area (Å²) in [4.78, 5) is 23.8. The predicted octanol–water partition coefficient (Wildman–Crippen LogP) is 1.31. The van der Waals surface area contributed by atoms with Gasteiger partial charge in [-0.2, -0.15) is 0 Å². The minimum Gasteiger partial charge on any atom is -0.493 e. The summed E-state index contributed by atoms with van der Waals surface area (Å²) in [6.07, 6.45) is 0.715. The summed E-state index contributed by atoms with van der Waals surface area (Å²) in [6, 6.07) is 5.30. The number of carboxylic acids is 1. The number of carbonyl (C=O) groups excluding carboxylic acids is 1. The van der Waals surface area contributed by atoms with Gasteiger partial charge in [-0.1, -0.05) is 11.2 Å². The second-order valence-electron chi connectivity index (χ2n) is 5.32. The van der Waals surface area contributed by atoms with E-state index < -0.39 is 17.9 Å². The highest BCUT2D eigenvalue weighted by Gasteiger charge is 2.26. The monoisotopic (exact) mass is 332 g/mol. The van der Waals surface area contributed by atoms with E-state index in [9.17, 15) is 14.7 Å². The molecule has 2 heterocycles. The van der Waals surface area contributed by atoms with Crippen LogP contribution in [0.4, 0.5) is 0 Å². The molecule has 0 aliphatic carbocycles. The number of benzene rings is 1. The number of nitrogens with zero attached hydrogens (tertiary/aromatic N) is 1. The van der Waals surface area contributed by atoms with Crippen LogP contribution in [0.3, 0.4) is 0 Å². The number of hydrogen-bond acceptors (Lipinski definition) is 6. The third-order valence-corrected chi connectivity index (χ3v) is 3.65. The Labute approximate surface area is 137 Å². The fourth-order valence-corrected chi connectivity index (χ4v) is 2.51. The first-order valence-corrected chi connectivity index (χ1v) is 7.32. The highest BCUT2D eigenvalue weighted by molar-refractivity contribution is 5.95. The topological polar surface area (TPSA) is 111 Å². The number of methoxy groups -OCH3 is 1. The van der Waals surface area contributed by atoms with Crippen LogP contribution in [0.15, 0.2) is 28.8 Å². The van der Waals surface area contributed by atoms with Gasteiger partial charge in [0.25, 0.3) is 5.91 Å². The molecule has 1 aromatic carbocycles. The lowest BCUT2D eigenvalue weighted by Gasteiger charge is -2.14. The van der Waals surface area contributed by atoms with E-state index in [4.69, 9.17) is 14.0 Å². The molecule has 1 atom stereocenters. The van der Waals surface area contributed by atoms with E-state index in [1.54, 1.807) is 18.2 Å². The van der Waals surface area contributed by atoms with Gasteiger partial charge in [0.15, 0.2) is 17.5 Å². The van der Waals surface area contributed by atoms with Gasteiger partial charge in [-0.05, 0) is 23.3 Å². The van der Waals surface area contributed by atoms with Gasteiger partial charge in [0.1, 0.15) is 12.4 Å². The SMILES string of the molecule is COCc1cc(C(=O)NC(C(=O)O)c2ccc3c(c2)CCO3)no1. The maximum absolute atomic E-state index is 12.2. The van der Waals surface area contributed by atoms with Gasteiger partial charge in [0.05, 0.1) is 6.61 Å². The van der Waals surface area contributed by atoms with E-state index >= 15 is 0 Å². The molecule has 0 fully saturated rings. The zero-order valence-corrected chi connectivity index (χ0v) is 12.9. The van der Waals surface area contributed by atoms with Crippen LogP contribution in [-0.2, 0) is 22.6 Å². The highest BCUT2D eigenvalue weighted by atomic mass is 16.5. The Bertz CT molecular complexity index is 770. The Morgan fingerprint density at radius 1 is 1.42 bits per heavy atom. The Morgan fingerprint density at radius 2 is 2.25 bits per heavy atom. The number of fused-ring (bicyclic) bond motifs is 1. The largest absolute Gasteiger partial charge is 0.493 e. The molecule has 126 valence electrons. The lowest BCUT2D eigenvalue weighted by Crippen LogP contribution is -2.34. The Balaban J connectivity index is 1.78. The fraction of sp³-hybridized carbons (Fsp3) is 0.312. The number of carboxylic acid groups (broad SMARTS) is 1. The van der Waals surface area contributed by atoms with Crippen molar-refractivity contribution >= 4 is 11.9 Å². The lowest BCUT2D eigenvalue weighted by atomic mass is 10.0. The smallest absolute Gasteiger partial charge is 0.330 e. The van der Waals surface area contributed by atoms with E-state index in [0.29, 0.717) is 24.4 Å². The zero-order chi connectivity index (χ0) is 17.1. The highest BCUT2D eigenvalue weighted by Crippen LogP contribution is 2.28. The molecule has 3 rings (SSSR count). The number of rotatable bonds is 6. The first-order valence-electron chi connectivity index (χ1n) is 7.32. The van der Waals surface area contributed by atoms with Crippen LogP contribution in [0.1, 0.15) is 33.4 Å². The summed E-state index contributed by atoms with van der Waals surface area (Å²) in [6.45, 7) is 0.748. The van der Waals surface area contributed by atoms with Crippen LogP contribution in [0.25, 0.3) is 0 Å². The van der Waals surface area contributed by atoms with Crippen molar-refractivity contribution in [1.82, 2.24) is 10.5 Å². The summed E-state index contributed by atoms with van der Waals surface area (Å²) in [7, 11) is 1.49. The zero-order valence-electron chi connectivity index (χ0n) is 12.9. The predicted molar refractivity (Wildman–Crippen MR) is 80.7 cm³/mol. The third kappa shape index (κ3) is 3.23. The number of amides is 1. The average molecular weight is 332 g/mol. The van der Waals surface area contributed by atoms with Crippen LogP contribution < -0.4 is 10.1 Å². The van der Waals surface area contributed by atoms with Gasteiger partial charge in [0.2, 0.25) is 0 Å². The molecule has 2 N–H and O–H groups in total. The van der Waals surface area contributed by atoms with Gasteiger partial charge < -0.3 is 24.4 Å². The van der Waals surface area contributed by atoms with E-state index in [1.807, 2.05) is 0 Å². The molecule has 0 saturated heterocycles. The molecule has 1 aliphatic heterocycles. The minimum atomic E-state index is -1.19. The molecular weight excluding hydrogens is 316 g/mol. The molecule has 0 spiro atoms. The molecule has 8 heteroatoms. The van der Waals surface area contributed by atoms with Crippen molar-refractivity contribution < 1.29 is 28.7 Å². The van der Waals surface area contributed by atoms with E-state index in [1.165, 1.54) is 13.2 Å². The van der Waals surface area contributed by atoms with Crippen molar-refractivity contribution in [3.63, 3.8) is 0 Å². The van der Waals surface area contributed by atoms with Gasteiger partial charge in [-0.25, -0.2) is 4.79 Å². The van der Waals surface area contributed by atoms with Gasteiger partial charge in [0, 0.05) is 19.6 Å². The summed E-state index contributed by atoms with van der Waals surface area (Å²) in [5, 5.41) is 15.5. The molecule has 1 aromatic heterocycles. The van der Waals surface area contributed by atoms with Crippen molar-refractivity contribution in [2.24, 2.45) is 0 Å². The Morgan fingerprint density at radius 3 is 3.00 bits per heavy atom. The molecule has 0 radical (unpaired) electrons. The second-order valence-corrected chi connectivity index (χ2v) is 5.32. The fourth-order valence-electron chi connectivity index (χ4n) is 2.51. The van der Waals surface area contributed by atoms with Crippen LogP contribution in [0.5, 0.6) is 5.75 Å². The summed E-state index contributed by atoms with van der Waals surface area (Å²) in [5.41, 5.74) is 1.40. The number of aliphatic carboxylic acids is 1. The maximum Gasteiger partial charge on any atom is 0.330 e. The van der Waals surface area contributed by atoms with Gasteiger partial charge in [-0.3, -0.25) is 4.79 Å². The average Bonchev–Trinajstić information content (AvgIpc) is 3.20. The van der Waals surface area contributed by atoms with Crippen LogP contribution in [0, 0.1) is 0 Å². The van der Waals surface area contributed by atoms with Crippen molar-refractivity contribution in [1.29, 1.82) is 0 Å². The molecule has 1 unspecified atom stereocenters. The molecule has 1 amide bonds. The summed E-state index contributed by atoms with van der Waals surface area (Å²) < 4.78 is 15.2. The molecule has 0 saturated carbocycles. The normalized spacial score (nSPS) is 13.9. The standard InChI is InChI=1S/C16H16N2O6/c1-22-8-11-7-12(18-24-11)15(19)17-14(16(20)21)10-2-3-13-9(6-10)4-5-23-13/h2-3,6-7,14H,4-5,8H2,1H3,(H,17,19)(H,20,21). The number of aromatic nitrogens is 1. The van der Waals surface area contributed by atoms with Gasteiger partial charge >= 0.3 is 5.97 Å². The van der Waals surface area contributed by atoms with E-state index in [-0.39, 0.29) is 12.3 Å². The molecule has 2 aromatic rings. The van der Waals surface area contributed by atoms with Crippen LogP contribution in [0.2, 0.25) is 0 Å². The third-order valence-electron chi connectivity index (χ3n) is 3.65. The Kier molecular flexibility index (Phi) is 4.48. The van der Waals surface area contributed by atoms with Gasteiger partial charge in [-0.15, -0.1) is 0 Å². The number of carbonyl (C=O) groups is 2. The molecule has 8 nitrogen and oxygen atoms in total. The van der Waals surface area contributed by atoms with Crippen molar-refractivity contribution in [2.45, 2.75) is 19.1 Å². The summed E-state index contributed by atoms with van der Waals surface area (Å²) in [5.74, 6) is -0.674. The minimum absolute atomic E-state index is 0.00204. The Hall–Kier alpha value is -2.87. The number of ether oxygens (including phenoxy) is 2. The molecule has 24 heavy (non-hydrogen) atoms. The first kappa shape index (κ1) is 16.0. The molecule has 1 aliphatic rings. The van der Waals surface area contributed by atoms with Crippen LogP contribution in [-0.4, -0.2) is 35.9 Å². The van der Waals surface area contributed by atoms with Crippen molar-refractivity contribution in [2.75, 3.05) is 13.7 Å². The lowest BCUT2D eigenvalue weighted by molar-refractivity contribution is -0.139. The second kappa shape index (κ2) is 6.71. The van der Waals surface area contributed by atoms with Crippen LogP contribution >= 0.6 is 0 Å². The number of hydrogen-bond donors (Lipinski definition) is 2. The summed E-state index contributed by atoms with van der Waals surface area (Å²) >= 11 is 0. The van der Waals surface area contributed by atoms with E-state index in [0.717, 1.165) is 11.3 Å². The molecular formula is C16H16N2O6. The van der Waals surface area contributed by atoms with Crippen molar-refractivity contribution in [3.05, 3.63) is 46.8 Å². The van der Waals surface area contributed by atoms with E-state index in [2.05, 4.69) is 10.5 Å². The molecule has 0 bridgehead atoms. The number of nitrogens with one attached hydrogen (secondary N) is 1. The first-order chi connectivity index (χ1) is 11.6. The maximum atomic E-state index is 12.2. The van der Waals surface area contributed by atoms with Crippen molar-refractivity contribution in [3.8, 4) is 5.75 Å². The quantitative estimate of drug-likeness (QED) is 0.820.